The minimum Gasteiger partial charge on any atom is -0.451 e. The fourth-order valence-electron chi connectivity index (χ4n) is 2.93. The molecule has 3 rings (SSSR count). The van der Waals surface area contributed by atoms with Crippen molar-refractivity contribution in [1.29, 1.82) is 0 Å². The zero-order valence-electron chi connectivity index (χ0n) is 12.5. The van der Waals surface area contributed by atoms with E-state index in [1.54, 1.807) is 6.07 Å². The topological polar surface area (TPSA) is 62.5 Å². The molecule has 0 saturated heterocycles. The van der Waals surface area contributed by atoms with Crippen molar-refractivity contribution in [2.24, 2.45) is 0 Å². The van der Waals surface area contributed by atoms with Gasteiger partial charge in [0.1, 0.15) is 5.58 Å². The van der Waals surface area contributed by atoms with Crippen molar-refractivity contribution in [1.82, 2.24) is 5.32 Å². The van der Waals surface area contributed by atoms with E-state index < -0.39 is 6.10 Å². The van der Waals surface area contributed by atoms with E-state index in [0.29, 0.717) is 5.76 Å². The number of benzene rings is 1. The van der Waals surface area contributed by atoms with Crippen molar-refractivity contribution in [3.8, 4) is 0 Å². The molecule has 0 bridgehead atoms. The molecule has 2 N–H and O–H groups in total. The average Bonchev–Trinajstić information content (AvgIpc) is 2.85. The molecule has 112 valence electrons. The molecule has 1 aliphatic carbocycles. The molecule has 4 heteroatoms. The van der Waals surface area contributed by atoms with Crippen LogP contribution in [0.3, 0.4) is 0 Å². The Morgan fingerprint density at radius 1 is 1.19 bits per heavy atom. The van der Waals surface area contributed by atoms with Gasteiger partial charge in [0.2, 0.25) is 0 Å². The number of fused-ring (bicyclic) bond motifs is 1. The Kier molecular flexibility index (Phi) is 3.72. The summed E-state index contributed by atoms with van der Waals surface area (Å²) in [5, 5.41) is 13.8. The lowest BCUT2D eigenvalue weighted by Gasteiger charge is -2.27. The number of aliphatic hydroxyl groups excluding tert-OH is 1. The lowest BCUT2D eigenvalue weighted by atomic mass is 9.92. The van der Waals surface area contributed by atoms with Crippen LogP contribution < -0.4 is 5.32 Å². The number of aliphatic hydroxyl groups is 1. The van der Waals surface area contributed by atoms with E-state index in [1.165, 1.54) is 5.56 Å². The zero-order valence-corrected chi connectivity index (χ0v) is 12.5. The van der Waals surface area contributed by atoms with E-state index in [1.807, 2.05) is 26.0 Å². The molecule has 1 saturated carbocycles. The van der Waals surface area contributed by atoms with Gasteiger partial charge in [-0.05, 0) is 56.0 Å². The molecule has 21 heavy (non-hydrogen) atoms. The van der Waals surface area contributed by atoms with Gasteiger partial charge < -0.3 is 14.8 Å². The van der Waals surface area contributed by atoms with E-state index in [2.05, 4.69) is 5.32 Å². The number of hydrogen-bond acceptors (Lipinski definition) is 3. The first-order chi connectivity index (χ1) is 10.0. The molecular formula is C17H21NO3. The molecule has 2 atom stereocenters. The number of aryl methyl sites for hydroxylation is 2. The molecule has 1 aliphatic rings. The quantitative estimate of drug-likeness (QED) is 0.892. The van der Waals surface area contributed by atoms with Gasteiger partial charge in [-0.3, -0.25) is 4.79 Å². The maximum absolute atomic E-state index is 12.3. The Bertz CT molecular complexity index is 635. The molecule has 2 aromatic rings. The van der Waals surface area contributed by atoms with Crippen LogP contribution in [-0.4, -0.2) is 23.2 Å². The van der Waals surface area contributed by atoms with Crippen molar-refractivity contribution < 1.29 is 14.3 Å². The number of nitrogens with one attached hydrogen (secondary N) is 1. The second kappa shape index (κ2) is 5.53. The second-order valence-corrected chi connectivity index (χ2v) is 6.02. The summed E-state index contributed by atoms with van der Waals surface area (Å²) in [7, 11) is 0. The van der Waals surface area contributed by atoms with Gasteiger partial charge in [0.05, 0.1) is 12.1 Å². The maximum atomic E-state index is 12.3. The molecule has 1 aromatic heterocycles. The molecule has 0 spiro atoms. The zero-order chi connectivity index (χ0) is 15.0. The van der Waals surface area contributed by atoms with E-state index in [4.69, 9.17) is 4.42 Å². The van der Waals surface area contributed by atoms with Gasteiger partial charge in [0, 0.05) is 5.39 Å². The number of carbonyl (C=O) groups is 1. The van der Waals surface area contributed by atoms with Crippen LogP contribution in [0.15, 0.2) is 22.6 Å². The molecule has 1 fully saturated rings. The predicted molar refractivity (Wildman–Crippen MR) is 81.4 cm³/mol. The first-order valence-electron chi connectivity index (χ1n) is 7.54. The second-order valence-electron chi connectivity index (χ2n) is 6.02. The number of furan rings is 1. The Balaban J connectivity index is 1.81. The summed E-state index contributed by atoms with van der Waals surface area (Å²) >= 11 is 0. The molecule has 4 nitrogen and oxygen atoms in total. The van der Waals surface area contributed by atoms with Crippen LogP contribution in [0.1, 0.15) is 47.4 Å². The fourth-order valence-corrected chi connectivity index (χ4v) is 2.93. The van der Waals surface area contributed by atoms with Gasteiger partial charge >= 0.3 is 0 Å². The Morgan fingerprint density at radius 2 is 1.90 bits per heavy atom. The summed E-state index contributed by atoms with van der Waals surface area (Å²) in [5.74, 6) is 0.0697. The first-order valence-corrected chi connectivity index (χ1v) is 7.54. The molecular weight excluding hydrogens is 266 g/mol. The van der Waals surface area contributed by atoms with Crippen molar-refractivity contribution in [2.75, 3.05) is 0 Å². The third kappa shape index (κ3) is 2.81. The number of hydrogen-bond donors (Lipinski definition) is 2. The van der Waals surface area contributed by atoms with Crippen molar-refractivity contribution >= 4 is 16.9 Å². The Labute approximate surface area is 124 Å². The van der Waals surface area contributed by atoms with Crippen LogP contribution in [0.4, 0.5) is 0 Å². The van der Waals surface area contributed by atoms with Crippen molar-refractivity contribution in [3.05, 3.63) is 35.1 Å². The smallest absolute Gasteiger partial charge is 0.287 e. The highest BCUT2D eigenvalue weighted by Gasteiger charge is 2.26. The number of carbonyl (C=O) groups excluding carboxylic acids is 1. The Morgan fingerprint density at radius 3 is 2.67 bits per heavy atom. The Hall–Kier alpha value is -1.81. The van der Waals surface area contributed by atoms with Crippen molar-refractivity contribution in [3.63, 3.8) is 0 Å². The summed E-state index contributed by atoms with van der Waals surface area (Å²) in [6.45, 7) is 4.06. The highest BCUT2D eigenvalue weighted by atomic mass is 16.3. The maximum Gasteiger partial charge on any atom is 0.287 e. The summed E-state index contributed by atoms with van der Waals surface area (Å²) in [6, 6.07) is 5.59. The number of rotatable bonds is 2. The third-order valence-electron chi connectivity index (χ3n) is 4.40. The highest BCUT2D eigenvalue weighted by Crippen LogP contribution is 2.24. The van der Waals surface area contributed by atoms with Crippen LogP contribution in [0, 0.1) is 13.8 Å². The van der Waals surface area contributed by atoms with Gasteiger partial charge in [-0.15, -0.1) is 0 Å². The fraction of sp³-hybridized carbons (Fsp3) is 0.471. The van der Waals surface area contributed by atoms with Crippen LogP contribution in [0.2, 0.25) is 0 Å². The predicted octanol–water partition coefficient (Wildman–Crippen LogP) is 3.08. The van der Waals surface area contributed by atoms with Gasteiger partial charge in [-0.25, -0.2) is 0 Å². The van der Waals surface area contributed by atoms with Crippen LogP contribution in [-0.2, 0) is 0 Å². The highest BCUT2D eigenvalue weighted by molar-refractivity contribution is 5.96. The summed E-state index contributed by atoms with van der Waals surface area (Å²) in [5.41, 5.74) is 3.05. The minimum absolute atomic E-state index is 0.164. The average molecular weight is 287 g/mol. The third-order valence-corrected chi connectivity index (χ3v) is 4.40. The van der Waals surface area contributed by atoms with Crippen molar-refractivity contribution in [2.45, 2.75) is 51.7 Å². The minimum atomic E-state index is -0.448. The molecule has 2 unspecified atom stereocenters. The van der Waals surface area contributed by atoms with E-state index in [9.17, 15) is 9.90 Å². The van der Waals surface area contributed by atoms with E-state index >= 15 is 0 Å². The SMILES string of the molecule is Cc1cc2cc(C(=O)NC3CCCCC3O)oc2cc1C. The summed E-state index contributed by atoms with van der Waals surface area (Å²) in [6.07, 6.45) is 3.20. The van der Waals surface area contributed by atoms with Gasteiger partial charge in [-0.2, -0.15) is 0 Å². The normalized spacial score (nSPS) is 22.4. The summed E-state index contributed by atoms with van der Waals surface area (Å²) < 4.78 is 5.65. The monoisotopic (exact) mass is 287 g/mol. The summed E-state index contributed by atoms with van der Waals surface area (Å²) in [4.78, 5) is 12.3. The van der Waals surface area contributed by atoms with Gasteiger partial charge in [-0.1, -0.05) is 12.8 Å². The van der Waals surface area contributed by atoms with E-state index in [0.717, 1.165) is 42.2 Å². The first kappa shape index (κ1) is 14.1. The standard InChI is InChI=1S/C17H21NO3/c1-10-7-12-9-16(21-15(12)8-11(10)2)17(20)18-13-5-3-4-6-14(13)19/h7-9,13-14,19H,3-6H2,1-2H3,(H,18,20). The van der Waals surface area contributed by atoms with Crippen LogP contribution in [0.25, 0.3) is 11.0 Å². The molecule has 0 radical (unpaired) electrons. The largest absolute Gasteiger partial charge is 0.451 e. The lowest BCUT2D eigenvalue weighted by Crippen LogP contribution is -2.44. The number of amides is 1. The molecule has 0 aliphatic heterocycles. The molecule has 1 amide bonds. The molecule has 1 aromatic carbocycles. The van der Waals surface area contributed by atoms with Gasteiger partial charge in [0.25, 0.3) is 5.91 Å². The molecule has 1 heterocycles. The van der Waals surface area contributed by atoms with Crippen LogP contribution >= 0.6 is 0 Å². The van der Waals surface area contributed by atoms with Crippen LogP contribution in [0.5, 0.6) is 0 Å². The lowest BCUT2D eigenvalue weighted by molar-refractivity contribution is 0.0699. The van der Waals surface area contributed by atoms with Gasteiger partial charge in [0.15, 0.2) is 5.76 Å². The van der Waals surface area contributed by atoms with E-state index in [-0.39, 0.29) is 11.9 Å².